The number of allylic oxidation sites excluding steroid dienone is 2. The predicted molar refractivity (Wildman–Crippen MR) is 74.2 cm³/mol. The molecular weight excluding hydrogens is 220 g/mol. The van der Waals surface area contributed by atoms with E-state index in [1.54, 1.807) is 0 Å². The molecule has 0 aromatic rings. The van der Waals surface area contributed by atoms with E-state index in [-0.39, 0.29) is 5.41 Å². The largest absolute Gasteiger partial charge is 0.295 e. The van der Waals surface area contributed by atoms with Gasteiger partial charge in [-0.3, -0.25) is 4.79 Å². The van der Waals surface area contributed by atoms with Gasteiger partial charge in [0.1, 0.15) is 0 Å². The number of ketones is 1. The summed E-state index contributed by atoms with van der Waals surface area (Å²) in [5.74, 6) is 2.48. The number of carbonyl (C=O) groups excluding carboxylic acids is 1. The van der Waals surface area contributed by atoms with Gasteiger partial charge in [-0.05, 0) is 54.4 Å². The standard InChI is InChI=1S/C17H26O/c1-11-6-5-7-13-14(18)10-12-8-9-16(2,3)15(12)17(11,13)4/h7,11-12,15H,5-6,8-10H2,1-4H3. The highest BCUT2D eigenvalue weighted by atomic mass is 16.1. The molecule has 18 heavy (non-hydrogen) atoms. The van der Waals surface area contributed by atoms with Crippen LogP contribution in [0.3, 0.4) is 0 Å². The zero-order valence-electron chi connectivity index (χ0n) is 12.3. The topological polar surface area (TPSA) is 17.1 Å². The molecule has 3 rings (SSSR count). The summed E-state index contributed by atoms with van der Waals surface area (Å²) in [4.78, 5) is 12.5. The molecule has 2 fully saturated rings. The molecule has 100 valence electrons. The van der Waals surface area contributed by atoms with Crippen molar-refractivity contribution in [2.45, 2.75) is 59.8 Å². The minimum Gasteiger partial charge on any atom is -0.295 e. The molecule has 0 aromatic heterocycles. The fourth-order valence-corrected chi connectivity index (χ4v) is 5.54. The number of carbonyl (C=O) groups is 1. The highest BCUT2D eigenvalue weighted by Crippen LogP contribution is 2.64. The molecule has 0 N–H and O–H groups in total. The molecular formula is C17H26O. The van der Waals surface area contributed by atoms with Gasteiger partial charge in [0.2, 0.25) is 0 Å². The lowest BCUT2D eigenvalue weighted by molar-refractivity contribution is -0.124. The first-order valence-electron chi connectivity index (χ1n) is 7.61. The third kappa shape index (κ3) is 1.42. The van der Waals surface area contributed by atoms with Crippen LogP contribution in [0.1, 0.15) is 59.8 Å². The Bertz CT molecular complexity index is 417. The predicted octanol–water partition coefficient (Wildman–Crippen LogP) is 4.37. The molecule has 0 saturated heterocycles. The quantitative estimate of drug-likeness (QED) is 0.620. The Morgan fingerprint density at radius 2 is 1.94 bits per heavy atom. The molecule has 0 amide bonds. The van der Waals surface area contributed by atoms with Crippen molar-refractivity contribution in [1.29, 1.82) is 0 Å². The van der Waals surface area contributed by atoms with E-state index in [1.165, 1.54) is 24.8 Å². The van der Waals surface area contributed by atoms with Gasteiger partial charge in [0.05, 0.1) is 0 Å². The van der Waals surface area contributed by atoms with Crippen LogP contribution in [0, 0.1) is 28.6 Å². The second-order valence-corrected chi connectivity index (χ2v) is 7.77. The molecule has 4 unspecified atom stereocenters. The van der Waals surface area contributed by atoms with Crippen molar-refractivity contribution in [3.05, 3.63) is 11.6 Å². The molecule has 0 bridgehead atoms. The summed E-state index contributed by atoms with van der Waals surface area (Å²) in [6, 6.07) is 0. The molecule has 1 heteroatoms. The molecule has 2 saturated carbocycles. The summed E-state index contributed by atoms with van der Waals surface area (Å²) in [7, 11) is 0. The van der Waals surface area contributed by atoms with Gasteiger partial charge in [0, 0.05) is 11.8 Å². The van der Waals surface area contributed by atoms with Crippen molar-refractivity contribution in [3.8, 4) is 0 Å². The van der Waals surface area contributed by atoms with Crippen LogP contribution in [0.2, 0.25) is 0 Å². The summed E-state index contributed by atoms with van der Waals surface area (Å²) in [6.07, 6.45) is 8.02. The Balaban J connectivity index is 2.13. The Hall–Kier alpha value is -0.590. The van der Waals surface area contributed by atoms with Gasteiger partial charge >= 0.3 is 0 Å². The SMILES string of the molecule is CC1CCC=C2C(=O)CC3CCC(C)(C)C3C21C. The van der Waals surface area contributed by atoms with Crippen LogP contribution in [0.15, 0.2) is 11.6 Å². The van der Waals surface area contributed by atoms with Crippen molar-refractivity contribution in [2.24, 2.45) is 28.6 Å². The van der Waals surface area contributed by atoms with E-state index in [0.29, 0.717) is 29.0 Å². The normalized spacial score (nSPS) is 46.3. The van der Waals surface area contributed by atoms with Crippen molar-refractivity contribution in [1.82, 2.24) is 0 Å². The number of hydrogen-bond donors (Lipinski definition) is 0. The Morgan fingerprint density at radius 3 is 2.67 bits per heavy atom. The first-order chi connectivity index (χ1) is 8.37. The smallest absolute Gasteiger partial charge is 0.159 e. The summed E-state index contributed by atoms with van der Waals surface area (Å²) in [5, 5.41) is 0. The zero-order valence-corrected chi connectivity index (χ0v) is 12.3. The highest BCUT2D eigenvalue weighted by molar-refractivity contribution is 5.98. The first kappa shape index (κ1) is 12.4. The number of rotatable bonds is 0. The van der Waals surface area contributed by atoms with Crippen LogP contribution < -0.4 is 0 Å². The van der Waals surface area contributed by atoms with E-state index in [1.807, 2.05) is 0 Å². The van der Waals surface area contributed by atoms with E-state index < -0.39 is 0 Å². The lowest BCUT2D eigenvalue weighted by Crippen LogP contribution is -2.50. The molecule has 0 spiro atoms. The minimum atomic E-state index is 0.151. The second-order valence-electron chi connectivity index (χ2n) is 7.77. The van der Waals surface area contributed by atoms with Crippen molar-refractivity contribution >= 4 is 5.78 Å². The molecule has 0 aliphatic heterocycles. The highest BCUT2D eigenvalue weighted by Gasteiger charge is 2.59. The zero-order chi connectivity index (χ0) is 13.1. The Morgan fingerprint density at radius 1 is 1.22 bits per heavy atom. The summed E-state index contributed by atoms with van der Waals surface area (Å²) >= 11 is 0. The monoisotopic (exact) mass is 246 g/mol. The summed E-state index contributed by atoms with van der Waals surface area (Å²) in [6.45, 7) is 9.62. The molecule has 0 heterocycles. The van der Waals surface area contributed by atoms with Gasteiger partial charge in [0.15, 0.2) is 5.78 Å². The average Bonchev–Trinajstić information content (AvgIpc) is 2.58. The van der Waals surface area contributed by atoms with Gasteiger partial charge < -0.3 is 0 Å². The number of Topliss-reactive ketones (excluding diaryl/α,β-unsaturated/α-hetero) is 1. The lowest BCUT2D eigenvalue weighted by atomic mass is 9.49. The van der Waals surface area contributed by atoms with Crippen molar-refractivity contribution in [2.75, 3.05) is 0 Å². The minimum absolute atomic E-state index is 0.151. The van der Waals surface area contributed by atoms with Crippen LogP contribution in [-0.4, -0.2) is 5.78 Å². The molecule has 4 atom stereocenters. The van der Waals surface area contributed by atoms with E-state index >= 15 is 0 Å². The van der Waals surface area contributed by atoms with Crippen LogP contribution in [0.4, 0.5) is 0 Å². The number of fused-ring (bicyclic) bond motifs is 3. The van der Waals surface area contributed by atoms with Crippen LogP contribution in [0.25, 0.3) is 0 Å². The van der Waals surface area contributed by atoms with E-state index in [0.717, 1.165) is 12.8 Å². The molecule has 0 aromatic carbocycles. The van der Waals surface area contributed by atoms with Gasteiger partial charge in [-0.25, -0.2) is 0 Å². The lowest BCUT2D eigenvalue weighted by Gasteiger charge is -2.54. The van der Waals surface area contributed by atoms with Crippen LogP contribution in [0.5, 0.6) is 0 Å². The summed E-state index contributed by atoms with van der Waals surface area (Å²) in [5.41, 5.74) is 1.75. The Labute approximate surface area is 111 Å². The number of hydrogen-bond acceptors (Lipinski definition) is 1. The molecule has 3 aliphatic rings. The van der Waals surface area contributed by atoms with Crippen molar-refractivity contribution < 1.29 is 4.79 Å². The van der Waals surface area contributed by atoms with E-state index in [2.05, 4.69) is 33.8 Å². The molecule has 1 nitrogen and oxygen atoms in total. The second kappa shape index (κ2) is 3.71. The van der Waals surface area contributed by atoms with Gasteiger partial charge in [-0.1, -0.05) is 33.8 Å². The van der Waals surface area contributed by atoms with Crippen LogP contribution in [-0.2, 0) is 4.79 Å². The van der Waals surface area contributed by atoms with Gasteiger partial charge in [-0.2, -0.15) is 0 Å². The molecule has 3 aliphatic carbocycles. The van der Waals surface area contributed by atoms with Crippen LogP contribution >= 0.6 is 0 Å². The van der Waals surface area contributed by atoms with Crippen molar-refractivity contribution in [3.63, 3.8) is 0 Å². The van der Waals surface area contributed by atoms with Gasteiger partial charge in [0.25, 0.3) is 0 Å². The fourth-order valence-electron chi connectivity index (χ4n) is 5.54. The van der Waals surface area contributed by atoms with E-state index in [9.17, 15) is 4.79 Å². The fraction of sp³-hybridized carbons (Fsp3) is 0.824. The van der Waals surface area contributed by atoms with E-state index in [4.69, 9.17) is 0 Å². The average molecular weight is 246 g/mol. The third-order valence-electron chi connectivity index (χ3n) is 6.42. The first-order valence-corrected chi connectivity index (χ1v) is 7.61. The Kier molecular flexibility index (Phi) is 2.56. The third-order valence-corrected chi connectivity index (χ3v) is 6.42. The summed E-state index contributed by atoms with van der Waals surface area (Å²) < 4.78 is 0. The maximum Gasteiger partial charge on any atom is 0.159 e. The maximum atomic E-state index is 12.5. The molecule has 0 radical (unpaired) electrons. The maximum absolute atomic E-state index is 12.5. The van der Waals surface area contributed by atoms with Gasteiger partial charge in [-0.15, -0.1) is 0 Å².